The van der Waals surface area contributed by atoms with Gasteiger partial charge in [-0.05, 0) is 13.3 Å². The molecule has 1 aromatic heterocycles. The molecule has 0 bridgehead atoms. The van der Waals surface area contributed by atoms with Crippen LogP contribution in [-0.4, -0.2) is 56.1 Å². The van der Waals surface area contributed by atoms with Crippen LogP contribution in [0.25, 0.3) is 0 Å². The molecular formula is C10H17N5O2. The van der Waals surface area contributed by atoms with E-state index in [9.17, 15) is 9.90 Å². The van der Waals surface area contributed by atoms with Gasteiger partial charge in [0.05, 0.1) is 18.3 Å². The Morgan fingerprint density at radius 1 is 1.71 bits per heavy atom. The molecule has 1 aliphatic heterocycles. The maximum atomic E-state index is 12.0. The minimum absolute atomic E-state index is 0.189. The third-order valence-electron chi connectivity index (χ3n) is 2.85. The van der Waals surface area contributed by atoms with Gasteiger partial charge in [0.15, 0.2) is 5.69 Å². The van der Waals surface area contributed by atoms with Crippen LogP contribution >= 0.6 is 0 Å². The Bertz CT molecular complexity index is 415. The lowest BCUT2D eigenvalue weighted by Gasteiger charge is -2.17. The van der Waals surface area contributed by atoms with Crippen LogP contribution in [0.4, 0.5) is 0 Å². The molecule has 1 unspecified atom stereocenters. The minimum Gasteiger partial charge on any atom is -0.388 e. The second kappa shape index (κ2) is 4.42. The molecule has 2 rings (SSSR count). The number of aliphatic hydroxyl groups is 1. The zero-order chi connectivity index (χ0) is 12.5. The Morgan fingerprint density at radius 3 is 3.06 bits per heavy atom. The second-order valence-electron chi connectivity index (χ2n) is 4.63. The van der Waals surface area contributed by atoms with E-state index in [1.54, 1.807) is 22.7 Å². The molecule has 94 valence electrons. The summed E-state index contributed by atoms with van der Waals surface area (Å²) in [6.45, 7) is 3.62. The lowest BCUT2D eigenvalue weighted by Crippen LogP contribution is -2.34. The van der Waals surface area contributed by atoms with Crippen molar-refractivity contribution in [1.29, 1.82) is 0 Å². The molecule has 2 heterocycles. The molecule has 3 N–H and O–H groups in total. The van der Waals surface area contributed by atoms with Gasteiger partial charge >= 0.3 is 0 Å². The highest BCUT2D eigenvalue weighted by Gasteiger charge is 2.35. The SMILES string of the molecule is CC1(O)CCN(C(=O)c2cn(CCN)nn2)C1. The van der Waals surface area contributed by atoms with E-state index < -0.39 is 5.60 Å². The lowest BCUT2D eigenvalue weighted by molar-refractivity contribution is 0.0569. The van der Waals surface area contributed by atoms with Crippen LogP contribution in [-0.2, 0) is 6.54 Å². The number of likely N-dealkylation sites (tertiary alicyclic amines) is 1. The Morgan fingerprint density at radius 2 is 2.47 bits per heavy atom. The van der Waals surface area contributed by atoms with Crippen molar-refractivity contribution >= 4 is 5.91 Å². The van der Waals surface area contributed by atoms with E-state index in [0.717, 1.165) is 0 Å². The van der Waals surface area contributed by atoms with Gasteiger partial charge in [-0.3, -0.25) is 9.48 Å². The monoisotopic (exact) mass is 239 g/mol. The van der Waals surface area contributed by atoms with Crippen molar-refractivity contribution < 1.29 is 9.90 Å². The predicted molar refractivity (Wildman–Crippen MR) is 60.2 cm³/mol. The highest BCUT2D eigenvalue weighted by Crippen LogP contribution is 2.21. The Hall–Kier alpha value is -1.47. The number of nitrogens with zero attached hydrogens (tertiary/aromatic N) is 4. The molecule has 1 aliphatic rings. The standard InChI is InChI=1S/C10H17N5O2/c1-10(17)2-4-14(7-10)9(16)8-6-15(5-3-11)13-12-8/h6,17H,2-5,7,11H2,1H3. The third-order valence-corrected chi connectivity index (χ3v) is 2.85. The van der Waals surface area contributed by atoms with E-state index in [-0.39, 0.29) is 5.91 Å². The maximum absolute atomic E-state index is 12.0. The van der Waals surface area contributed by atoms with Gasteiger partial charge in [0.1, 0.15) is 0 Å². The van der Waals surface area contributed by atoms with Crippen LogP contribution < -0.4 is 5.73 Å². The van der Waals surface area contributed by atoms with Crippen LogP contribution in [0.5, 0.6) is 0 Å². The largest absolute Gasteiger partial charge is 0.388 e. The van der Waals surface area contributed by atoms with Crippen LogP contribution in [0, 0.1) is 0 Å². The van der Waals surface area contributed by atoms with E-state index in [2.05, 4.69) is 10.3 Å². The van der Waals surface area contributed by atoms with Gasteiger partial charge in [-0.1, -0.05) is 5.21 Å². The summed E-state index contributed by atoms with van der Waals surface area (Å²) >= 11 is 0. The summed E-state index contributed by atoms with van der Waals surface area (Å²) in [5.74, 6) is -0.189. The minimum atomic E-state index is -0.789. The predicted octanol–water partition coefficient (Wildman–Crippen LogP) is -1.17. The summed E-state index contributed by atoms with van der Waals surface area (Å²) in [5.41, 5.74) is 4.90. The summed E-state index contributed by atoms with van der Waals surface area (Å²) in [5, 5.41) is 17.4. The fraction of sp³-hybridized carbons (Fsp3) is 0.700. The van der Waals surface area contributed by atoms with Crippen LogP contribution in [0.3, 0.4) is 0 Å². The van der Waals surface area contributed by atoms with Gasteiger partial charge in [-0.15, -0.1) is 5.10 Å². The van der Waals surface area contributed by atoms with Crippen molar-refractivity contribution in [2.45, 2.75) is 25.5 Å². The number of carbonyl (C=O) groups is 1. The van der Waals surface area contributed by atoms with Gasteiger partial charge in [0, 0.05) is 19.6 Å². The molecule has 17 heavy (non-hydrogen) atoms. The molecule has 1 aromatic rings. The molecule has 1 fully saturated rings. The van der Waals surface area contributed by atoms with Gasteiger partial charge in [0.25, 0.3) is 5.91 Å². The molecule has 0 saturated carbocycles. The van der Waals surface area contributed by atoms with Crippen molar-refractivity contribution in [3.63, 3.8) is 0 Å². The molecule has 7 nitrogen and oxygen atoms in total. The Balaban J connectivity index is 2.04. The molecule has 1 atom stereocenters. The summed E-state index contributed by atoms with van der Waals surface area (Å²) in [4.78, 5) is 13.6. The normalized spacial score (nSPS) is 24.3. The van der Waals surface area contributed by atoms with Gasteiger partial charge in [-0.2, -0.15) is 0 Å². The van der Waals surface area contributed by atoms with Crippen LogP contribution in [0.15, 0.2) is 6.20 Å². The second-order valence-corrected chi connectivity index (χ2v) is 4.63. The molecule has 1 amide bonds. The number of nitrogens with two attached hydrogens (primary N) is 1. The van der Waals surface area contributed by atoms with E-state index in [4.69, 9.17) is 5.73 Å². The number of amides is 1. The fourth-order valence-electron chi connectivity index (χ4n) is 1.92. The van der Waals surface area contributed by atoms with Crippen molar-refractivity contribution in [2.75, 3.05) is 19.6 Å². The number of hydrogen-bond donors (Lipinski definition) is 2. The number of hydrogen-bond acceptors (Lipinski definition) is 5. The number of carbonyl (C=O) groups excluding carboxylic acids is 1. The molecule has 1 saturated heterocycles. The zero-order valence-corrected chi connectivity index (χ0v) is 9.83. The Kier molecular flexibility index (Phi) is 3.12. The molecule has 7 heteroatoms. The van der Waals surface area contributed by atoms with Crippen molar-refractivity contribution in [3.8, 4) is 0 Å². The first kappa shape index (κ1) is 12.0. The quantitative estimate of drug-likeness (QED) is 0.693. The molecular weight excluding hydrogens is 222 g/mol. The van der Waals surface area contributed by atoms with E-state index in [1.165, 1.54) is 0 Å². The molecule has 0 spiro atoms. The van der Waals surface area contributed by atoms with E-state index in [0.29, 0.717) is 38.3 Å². The smallest absolute Gasteiger partial charge is 0.276 e. The van der Waals surface area contributed by atoms with Gasteiger partial charge < -0.3 is 15.7 Å². The zero-order valence-electron chi connectivity index (χ0n) is 9.83. The van der Waals surface area contributed by atoms with E-state index >= 15 is 0 Å². The number of β-amino-alcohol motifs (C(OH)–C–C–N with tert-alkyl or cyclic N) is 1. The Labute approximate surface area is 99.2 Å². The van der Waals surface area contributed by atoms with Crippen molar-refractivity contribution in [2.24, 2.45) is 5.73 Å². The first-order valence-electron chi connectivity index (χ1n) is 5.64. The topological polar surface area (TPSA) is 97.3 Å². The van der Waals surface area contributed by atoms with Gasteiger partial charge in [0.2, 0.25) is 0 Å². The average molecular weight is 239 g/mol. The molecule has 0 aliphatic carbocycles. The maximum Gasteiger partial charge on any atom is 0.276 e. The fourth-order valence-corrected chi connectivity index (χ4v) is 1.92. The summed E-state index contributed by atoms with van der Waals surface area (Å²) in [6, 6.07) is 0. The van der Waals surface area contributed by atoms with Crippen LogP contribution in [0.2, 0.25) is 0 Å². The van der Waals surface area contributed by atoms with Crippen molar-refractivity contribution in [3.05, 3.63) is 11.9 Å². The first-order valence-corrected chi connectivity index (χ1v) is 5.64. The summed E-state index contributed by atoms with van der Waals surface area (Å²) in [7, 11) is 0. The van der Waals surface area contributed by atoms with Gasteiger partial charge in [-0.25, -0.2) is 0 Å². The lowest BCUT2D eigenvalue weighted by atomic mass is 10.1. The number of rotatable bonds is 3. The first-order chi connectivity index (χ1) is 8.02. The highest BCUT2D eigenvalue weighted by atomic mass is 16.3. The van der Waals surface area contributed by atoms with Crippen LogP contribution in [0.1, 0.15) is 23.8 Å². The summed E-state index contributed by atoms with van der Waals surface area (Å²) < 4.78 is 1.54. The average Bonchev–Trinajstić information content (AvgIpc) is 2.85. The third kappa shape index (κ3) is 2.62. The van der Waals surface area contributed by atoms with E-state index in [1.807, 2.05) is 0 Å². The molecule has 0 aromatic carbocycles. The number of aromatic nitrogens is 3. The summed E-state index contributed by atoms with van der Waals surface area (Å²) in [6.07, 6.45) is 2.18. The highest BCUT2D eigenvalue weighted by molar-refractivity contribution is 5.92. The molecule has 0 radical (unpaired) electrons. The van der Waals surface area contributed by atoms with Crippen molar-refractivity contribution in [1.82, 2.24) is 19.9 Å².